The Labute approximate surface area is 153 Å². The van der Waals surface area contributed by atoms with E-state index in [1.165, 1.54) is 0 Å². The van der Waals surface area contributed by atoms with Crippen molar-refractivity contribution in [2.75, 3.05) is 19.5 Å². The molecule has 0 aromatic heterocycles. The molecule has 0 fully saturated rings. The maximum Gasteiger partial charge on any atom is 0.231 e. The van der Waals surface area contributed by atoms with Crippen LogP contribution in [0, 0.1) is 6.92 Å². The van der Waals surface area contributed by atoms with Crippen LogP contribution in [0.1, 0.15) is 24.0 Å². The molecule has 0 aliphatic carbocycles. The Morgan fingerprint density at radius 3 is 2.38 bits per heavy atom. The number of hydrogen-bond acceptors (Lipinski definition) is 3. The van der Waals surface area contributed by atoms with Crippen LogP contribution in [0.15, 0.2) is 54.6 Å². The van der Waals surface area contributed by atoms with Crippen molar-refractivity contribution in [1.29, 1.82) is 0 Å². The Hall–Kier alpha value is -3.01. The Balaban J connectivity index is 1.84. The lowest BCUT2D eigenvalue weighted by Gasteiger charge is -2.16. The van der Waals surface area contributed by atoms with Gasteiger partial charge in [0.1, 0.15) is 11.5 Å². The van der Waals surface area contributed by atoms with Gasteiger partial charge in [-0.15, -0.1) is 0 Å². The molecular weight excluding hydrogens is 326 g/mol. The number of benzene rings is 3. The van der Waals surface area contributed by atoms with Crippen LogP contribution in [0.2, 0.25) is 0 Å². The summed E-state index contributed by atoms with van der Waals surface area (Å²) in [4.78, 5) is 12.7. The number of carbonyl (C=O) groups is 1. The van der Waals surface area contributed by atoms with Gasteiger partial charge in [0.25, 0.3) is 0 Å². The van der Waals surface area contributed by atoms with E-state index in [2.05, 4.69) is 5.32 Å². The first kappa shape index (κ1) is 17.8. The minimum Gasteiger partial charge on any atom is -0.497 e. The van der Waals surface area contributed by atoms with Crippen LogP contribution in [0.25, 0.3) is 10.8 Å². The van der Waals surface area contributed by atoms with E-state index in [-0.39, 0.29) is 11.8 Å². The zero-order chi connectivity index (χ0) is 18.7. The van der Waals surface area contributed by atoms with Crippen molar-refractivity contribution in [2.45, 2.75) is 19.8 Å². The third kappa shape index (κ3) is 3.64. The van der Waals surface area contributed by atoms with Crippen LogP contribution in [-0.4, -0.2) is 20.1 Å². The van der Waals surface area contributed by atoms with E-state index in [0.717, 1.165) is 27.6 Å². The van der Waals surface area contributed by atoms with Crippen LogP contribution < -0.4 is 14.8 Å². The molecule has 4 heteroatoms. The predicted molar refractivity (Wildman–Crippen MR) is 105 cm³/mol. The Morgan fingerprint density at radius 1 is 0.923 bits per heavy atom. The molecule has 1 amide bonds. The predicted octanol–water partition coefficient (Wildman–Crippen LogP) is 4.91. The maximum absolute atomic E-state index is 12.7. The van der Waals surface area contributed by atoms with Crippen molar-refractivity contribution < 1.29 is 14.3 Å². The highest BCUT2D eigenvalue weighted by Gasteiger charge is 2.17. The summed E-state index contributed by atoms with van der Waals surface area (Å²) in [5.41, 5.74) is 2.72. The van der Waals surface area contributed by atoms with Gasteiger partial charge in [-0.3, -0.25) is 4.79 Å². The molecule has 26 heavy (non-hydrogen) atoms. The van der Waals surface area contributed by atoms with Crippen molar-refractivity contribution >= 4 is 22.4 Å². The molecule has 0 saturated carbocycles. The fraction of sp³-hybridized carbons (Fsp3) is 0.227. The van der Waals surface area contributed by atoms with Gasteiger partial charge in [0.2, 0.25) is 5.91 Å². The van der Waals surface area contributed by atoms with E-state index in [4.69, 9.17) is 9.47 Å². The van der Waals surface area contributed by atoms with Crippen LogP contribution in [0.5, 0.6) is 11.5 Å². The number of fused-ring (bicyclic) bond motifs is 1. The molecule has 0 saturated heterocycles. The summed E-state index contributed by atoms with van der Waals surface area (Å²) in [6, 6.07) is 17.7. The van der Waals surface area contributed by atoms with Gasteiger partial charge in [0.05, 0.1) is 25.8 Å². The first-order valence-corrected chi connectivity index (χ1v) is 8.55. The number of carbonyl (C=O) groups excluding carboxylic acids is 1. The van der Waals surface area contributed by atoms with Crippen LogP contribution >= 0.6 is 0 Å². The Bertz CT molecular complexity index is 949. The average molecular weight is 349 g/mol. The molecule has 0 aliphatic rings. The van der Waals surface area contributed by atoms with Gasteiger partial charge in [0, 0.05) is 0 Å². The third-order valence-corrected chi connectivity index (χ3v) is 4.58. The molecule has 3 rings (SSSR count). The minimum absolute atomic E-state index is 0.0678. The van der Waals surface area contributed by atoms with E-state index < -0.39 is 0 Å². The molecule has 3 aromatic rings. The summed E-state index contributed by atoms with van der Waals surface area (Å²) in [7, 11) is 3.25. The van der Waals surface area contributed by atoms with E-state index in [9.17, 15) is 4.79 Å². The lowest BCUT2D eigenvalue weighted by molar-refractivity contribution is -0.117. The number of aryl methyl sites for hydroxylation is 1. The standard InChI is InChI=1S/C22H23NO3/c1-14-5-10-21(26-4)20(11-14)23-22(24)15(2)16-6-7-18-13-19(25-3)9-8-17(18)12-16/h5-13,15H,1-4H3,(H,23,24). The highest BCUT2D eigenvalue weighted by molar-refractivity contribution is 5.97. The monoisotopic (exact) mass is 349 g/mol. The Morgan fingerprint density at radius 2 is 1.65 bits per heavy atom. The molecular formula is C22H23NO3. The smallest absolute Gasteiger partial charge is 0.231 e. The van der Waals surface area contributed by atoms with E-state index in [0.29, 0.717) is 11.4 Å². The quantitative estimate of drug-likeness (QED) is 0.712. The maximum atomic E-state index is 12.7. The van der Waals surface area contributed by atoms with Crippen LogP contribution in [-0.2, 0) is 4.79 Å². The van der Waals surface area contributed by atoms with Crippen molar-refractivity contribution in [3.8, 4) is 11.5 Å². The topological polar surface area (TPSA) is 47.6 Å². The number of ether oxygens (including phenoxy) is 2. The molecule has 0 heterocycles. The minimum atomic E-state index is -0.285. The molecule has 0 radical (unpaired) electrons. The van der Waals surface area contributed by atoms with Crippen LogP contribution in [0.4, 0.5) is 5.69 Å². The first-order valence-electron chi connectivity index (χ1n) is 8.55. The third-order valence-electron chi connectivity index (χ3n) is 4.58. The fourth-order valence-corrected chi connectivity index (χ4v) is 2.95. The van der Waals surface area contributed by atoms with Gasteiger partial charge in [0.15, 0.2) is 0 Å². The molecule has 0 bridgehead atoms. The number of nitrogens with one attached hydrogen (secondary N) is 1. The van der Waals surface area contributed by atoms with Crippen LogP contribution in [0.3, 0.4) is 0 Å². The number of rotatable bonds is 5. The van der Waals surface area contributed by atoms with E-state index in [1.807, 2.05) is 68.4 Å². The summed E-state index contributed by atoms with van der Waals surface area (Å²) in [5, 5.41) is 5.15. The highest BCUT2D eigenvalue weighted by Crippen LogP contribution is 2.29. The lowest BCUT2D eigenvalue weighted by Crippen LogP contribution is -2.19. The molecule has 0 spiro atoms. The van der Waals surface area contributed by atoms with Gasteiger partial charge in [-0.1, -0.05) is 30.3 Å². The zero-order valence-corrected chi connectivity index (χ0v) is 15.5. The summed E-state index contributed by atoms with van der Waals surface area (Å²) >= 11 is 0. The number of methoxy groups -OCH3 is 2. The first-order chi connectivity index (χ1) is 12.5. The second-order valence-corrected chi connectivity index (χ2v) is 6.39. The molecule has 1 atom stereocenters. The summed E-state index contributed by atoms with van der Waals surface area (Å²) in [6.45, 7) is 3.89. The number of hydrogen-bond donors (Lipinski definition) is 1. The highest BCUT2D eigenvalue weighted by atomic mass is 16.5. The van der Waals surface area contributed by atoms with Gasteiger partial charge in [-0.2, -0.15) is 0 Å². The zero-order valence-electron chi connectivity index (χ0n) is 15.5. The molecule has 134 valence electrons. The van der Waals surface area contributed by atoms with Gasteiger partial charge in [-0.05, 0) is 60.0 Å². The van der Waals surface area contributed by atoms with Gasteiger partial charge >= 0.3 is 0 Å². The fourth-order valence-electron chi connectivity index (χ4n) is 2.95. The molecule has 4 nitrogen and oxygen atoms in total. The molecule has 1 unspecified atom stereocenters. The van der Waals surface area contributed by atoms with Gasteiger partial charge < -0.3 is 14.8 Å². The molecule has 1 N–H and O–H groups in total. The molecule has 0 aliphatic heterocycles. The SMILES string of the molecule is COc1ccc2cc(C(C)C(=O)Nc3cc(C)ccc3OC)ccc2c1. The van der Waals surface area contributed by atoms with Crippen molar-refractivity contribution in [3.63, 3.8) is 0 Å². The van der Waals surface area contributed by atoms with Crippen molar-refractivity contribution in [1.82, 2.24) is 0 Å². The largest absolute Gasteiger partial charge is 0.497 e. The van der Waals surface area contributed by atoms with Gasteiger partial charge in [-0.25, -0.2) is 0 Å². The molecule has 3 aromatic carbocycles. The normalized spacial score (nSPS) is 11.8. The van der Waals surface area contributed by atoms with E-state index in [1.54, 1.807) is 14.2 Å². The second-order valence-electron chi connectivity index (χ2n) is 6.39. The summed E-state index contributed by atoms with van der Waals surface area (Å²) < 4.78 is 10.6. The lowest BCUT2D eigenvalue weighted by atomic mass is 9.97. The summed E-state index contributed by atoms with van der Waals surface area (Å²) in [6.07, 6.45) is 0. The van der Waals surface area contributed by atoms with E-state index >= 15 is 0 Å². The van der Waals surface area contributed by atoms with Crippen molar-refractivity contribution in [3.05, 3.63) is 65.7 Å². The number of amides is 1. The number of anilines is 1. The Kier molecular flexibility index (Phi) is 5.12. The average Bonchev–Trinajstić information content (AvgIpc) is 2.66. The van der Waals surface area contributed by atoms with Crippen molar-refractivity contribution in [2.24, 2.45) is 0 Å². The summed E-state index contributed by atoms with van der Waals surface area (Å²) in [5.74, 6) is 1.12. The second kappa shape index (κ2) is 7.48.